The van der Waals surface area contributed by atoms with Gasteiger partial charge in [0.2, 0.25) is 0 Å². The first-order valence-electron chi connectivity index (χ1n) is 4.83. The van der Waals surface area contributed by atoms with Crippen LogP contribution in [0.1, 0.15) is 6.92 Å². The van der Waals surface area contributed by atoms with Crippen LogP contribution >= 0.6 is 0 Å². The van der Waals surface area contributed by atoms with E-state index < -0.39 is 10.0 Å². The van der Waals surface area contributed by atoms with E-state index >= 15 is 0 Å². The number of sulfonamides is 1. The molecule has 1 aromatic heterocycles. The third-order valence-corrected chi connectivity index (χ3v) is 4.30. The fraction of sp³-hybridized carbons (Fsp3) is 0.625. The summed E-state index contributed by atoms with van der Waals surface area (Å²) in [6.07, 6.45) is 1.34. The summed E-state index contributed by atoms with van der Waals surface area (Å²) in [4.78, 5) is 3.73. The van der Waals surface area contributed by atoms with Gasteiger partial charge in [-0.3, -0.25) is 0 Å². The van der Waals surface area contributed by atoms with Crippen LogP contribution < -0.4 is 5.73 Å². The van der Waals surface area contributed by atoms with E-state index in [4.69, 9.17) is 10.8 Å². The SMILES string of the molecule is CCN(CCO)S(=O)(=O)c1c(N)ncn1C. The number of anilines is 1. The Morgan fingerprint density at radius 2 is 2.25 bits per heavy atom. The summed E-state index contributed by atoms with van der Waals surface area (Å²) in [6.45, 7) is 1.78. The molecular formula is C8H16N4O3S. The van der Waals surface area contributed by atoms with Crippen molar-refractivity contribution < 1.29 is 13.5 Å². The third-order valence-electron chi connectivity index (χ3n) is 2.20. The van der Waals surface area contributed by atoms with Gasteiger partial charge in [-0.15, -0.1) is 0 Å². The highest BCUT2D eigenvalue weighted by Crippen LogP contribution is 2.19. The van der Waals surface area contributed by atoms with Crippen molar-refractivity contribution >= 4 is 15.8 Å². The van der Waals surface area contributed by atoms with E-state index in [0.29, 0.717) is 0 Å². The molecule has 0 aliphatic rings. The minimum absolute atomic E-state index is 0.0288. The van der Waals surface area contributed by atoms with E-state index in [0.717, 1.165) is 4.31 Å². The van der Waals surface area contributed by atoms with Crippen LogP contribution in [-0.2, 0) is 17.1 Å². The van der Waals surface area contributed by atoms with Crippen LogP contribution in [0.5, 0.6) is 0 Å². The number of aryl methyl sites for hydroxylation is 1. The van der Waals surface area contributed by atoms with E-state index in [1.54, 1.807) is 14.0 Å². The van der Waals surface area contributed by atoms with Gasteiger partial charge in [-0.1, -0.05) is 6.92 Å². The van der Waals surface area contributed by atoms with Crippen LogP contribution in [-0.4, -0.2) is 47.1 Å². The van der Waals surface area contributed by atoms with Gasteiger partial charge in [0.15, 0.2) is 10.8 Å². The van der Waals surface area contributed by atoms with E-state index in [9.17, 15) is 8.42 Å². The van der Waals surface area contributed by atoms with Crippen molar-refractivity contribution in [2.24, 2.45) is 7.05 Å². The Balaban J connectivity index is 3.20. The first-order valence-corrected chi connectivity index (χ1v) is 6.27. The lowest BCUT2D eigenvalue weighted by molar-refractivity contribution is 0.256. The average Bonchev–Trinajstić information content (AvgIpc) is 2.55. The topological polar surface area (TPSA) is 101 Å². The van der Waals surface area contributed by atoms with Crippen LogP contribution in [0, 0.1) is 0 Å². The van der Waals surface area contributed by atoms with Crippen molar-refractivity contribution in [3.8, 4) is 0 Å². The van der Waals surface area contributed by atoms with Gasteiger partial charge in [-0.2, -0.15) is 4.31 Å². The normalized spacial score (nSPS) is 12.2. The van der Waals surface area contributed by atoms with Gasteiger partial charge in [-0.05, 0) is 0 Å². The van der Waals surface area contributed by atoms with Crippen LogP contribution in [0.2, 0.25) is 0 Å². The van der Waals surface area contributed by atoms with Crippen molar-refractivity contribution in [3.05, 3.63) is 6.33 Å². The number of nitrogens with two attached hydrogens (primary N) is 1. The van der Waals surface area contributed by atoms with Crippen LogP contribution in [0.15, 0.2) is 11.4 Å². The molecule has 0 spiro atoms. The van der Waals surface area contributed by atoms with Gasteiger partial charge in [0, 0.05) is 20.1 Å². The second-order valence-corrected chi connectivity index (χ2v) is 5.12. The lowest BCUT2D eigenvalue weighted by atomic mass is 10.6. The maximum Gasteiger partial charge on any atom is 0.262 e. The van der Waals surface area contributed by atoms with E-state index in [2.05, 4.69) is 4.98 Å². The van der Waals surface area contributed by atoms with E-state index in [-0.39, 0.29) is 30.5 Å². The summed E-state index contributed by atoms with van der Waals surface area (Å²) in [6, 6.07) is 0. The predicted octanol–water partition coefficient (Wildman–Crippen LogP) is -0.995. The molecule has 92 valence electrons. The molecule has 1 heterocycles. The standard InChI is InChI=1S/C8H16N4O3S/c1-3-12(4-5-13)16(14,15)8-7(9)10-6-11(8)2/h6,13H,3-5,9H2,1-2H3. The van der Waals surface area contributed by atoms with Gasteiger partial charge in [-0.25, -0.2) is 13.4 Å². The molecule has 0 aliphatic carbocycles. The Bertz CT molecular complexity index is 434. The maximum atomic E-state index is 12.1. The minimum Gasteiger partial charge on any atom is -0.395 e. The number of likely N-dealkylation sites (N-methyl/N-ethyl adjacent to an activating group) is 1. The van der Waals surface area contributed by atoms with Crippen LogP contribution in [0.25, 0.3) is 0 Å². The monoisotopic (exact) mass is 248 g/mol. The lowest BCUT2D eigenvalue weighted by Gasteiger charge is -2.19. The number of nitrogen functional groups attached to an aromatic ring is 1. The number of hydrogen-bond acceptors (Lipinski definition) is 5. The number of rotatable bonds is 5. The fourth-order valence-corrected chi connectivity index (χ4v) is 3.07. The van der Waals surface area contributed by atoms with Crippen molar-refractivity contribution in [3.63, 3.8) is 0 Å². The van der Waals surface area contributed by atoms with E-state index in [1.165, 1.54) is 10.9 Å². The molecule has 0 amide bonds. The molecule has 1 rings (SSSR count). The van der Waals surface area contributed by atoms with Gasteiger partial charge >= 0.3 is 0 Å². The molecule has 0 aliphatic heterocycles. The third kappa shape index (κ3) is 2.18. The predicted molar refractivity (Wildman–Crippen MR) is 59.1 cm³/mol. The van der Waals surface area contributed by atoms with E-state index in [1.807, 2.05) is 0 Å². The quantitative estimate of drug-likeness (QED) is 0.696. The van der Waals surface area contributed by atoms with Crippen molar-refractivity contribution in [2.75, 3.05) is 25.4 Å². The van der Waals surface area contributed by atoms with Gasteiger partial charge in [0.05, 0.1) is 12.9 Å². The van der Waals surface area contributed by atoms with Gasteiger partial charge in [0.1, 0.15) is 0 Å². The molecule has 0 saturated carbocycles. The number of aliphatic hydroxyl groups excluding tert-OH is 1. The molecule has 8 heteroatoms. The average molecular weight is 248 g/mol. The van der Waals surface area contributed by atoms with Crippen LogP contribution in [0.3, 0.4) is 0 Å². The summed E-state index contributed by atoms with van der Waals surface area (Å²) >= 11 is 0. The molecule has 16 heavy (non-hydrogen) atoms. The minimum atomic E-state index is -3.68. The second kappa shape index (κ2) is 4.81. The summed E-state index contributed by atoms with van der Waals surface area (Å²) in [5.74, 6) is -0.0288. The van der Waals surface area contributed by atoms with Gasteiger partial charge < -0.3 is 15.4 Å². The first-order chi connectivity index (χ1) is 7.45. The molecule has 0 fully saturated rings. The molecule has 1 aromatic rings. The second-order valence-electron chi connectivity index (χ2n) is 3.27. The summed E-state index contributed by atoms with van der Waals surface area (Å²) in [5.41, 5.74) is 5.52. The number of imidazole rings is 1. The summed E-state index contributed by atoms with van der Waals surface area (Å²) in [7, 11) is -2.12. The maximum absolute atomic E-state index is 12.1. The molecule has 7 nitrogen and oxygen atoms in total. The summed E-state index contributed by atoms with van der Waals surface area (Å²) in [5, 5.41) is 8.77. The fourth-order valence-electron chi connectivity index (χ4n) is 1.43. The van der Waals surface area contributed by atoms with Crippen molar-refractivity contribution in [2.45, 2.75) is 11.9 Å². The Labute approximate surface area is 94.5 Å². The van der Waals surface area contributed by atoms with Crippen LogP contribution in [0.4, 0.5) is 5.82 Å². The molecule has 0 unspecified atom stereocenters. The molecule has 0 radical (unpaired) electrons. The molecular weight excluding hydrogens is 232 g/mol. The number of aliphatic hydroxyl groups is 1. The Morgan fingerprint density at radius 3 is 2.62 bits per heavy atom. The Morgan fingerprint density at radius 1 is 1.62 bits per heavy atom. The molecule has 0 bridgehead atoms. The zero-order valence-corrected chi connectivity index (χ0v) is 10.1. The number of aromatic nitrogens is 2. The number of nitrogens with zero attached hydrogens (tertiary/aromatic N) is 3. The highest BCUT2D eigenvalue weighted by atomic mass is 32.2. The Hall–Kier alpha value is -1.12. The molecule has 0 atom stereocenters. The van der Waals surface area contributed by atoms with Crippen molar-refractivity contribution in [1.82, 2.24) is 13.9 Å². The smallest absolute Gasteiger partial charge is 0.262 e. The highest BCUT2D eigenvalue weighted by Gasteiger charge is 2.28. The molecule has 0 aromatic carbocycles. The molecule has 0 saturated heterocycles. The van der Waals surface area contributed by atoms with Gasteiger partial charge in [0.25, 0.3) is 10.0 Å². The highest BCUT2D eigenvalue weighted by molar-refractivity contribution is 7.89. The zero-order chi connectivity index (χ0) is 12.3. The Kier molecular flexibility index (Phi) is 3.89. The number of hydrogen-bond donors (Lipinski definition) is 2. The first kappa shape index (κ1) is 12.9. The lowest BCUT2D eigenvalue weighted by Crippen LogP contribution is -2.34. The van der Waals surface area contributed by atoms with Crippen molar-refractivity contribution in [1.29, 1.82) is 0 Å². The zero-order valence-electron chi connectivity index (χ0n) is 9.29. The molecule has 3 N–H and O–H groups in total. The largest absolute Gasteiger partial charge is 0.395 e. The summed E-state index contributed by atoms with van der Waals surface area (Å²) < 4.78 is 26.8.